The van der Waals surface area contributed by atoms with Gasteiger partial charge in [0.15, 0.2) is 0 Å². The van der Waals surface area contributed by atoms with E-state index in [9.17, 15) is 0 Å². The molecular formula is C16H18BrNO. The molecular weight excluding hydrogens is 302 g/mol. The molecule has 2 aromatic rings. The van der Waals surface area contributed by atoms with Crippen LogP contribution in [0.1, 0.15) is 22.3 Å². The number of benzene rings is 2. The second kappa shape index (κ2) is 5.66. The van der Waals surface area contributed by atoms with Gasteiger partial charge in [-0.1, -0.05) is 28.1 Å². The van der Waals surface area contributed by atoms with Gasteiger partial charge < -0.3 is 10.5 Å². The Bertz CT molecular complexity index is 591. The fourth-order valence-electron chi connectivity index (χ4n) is 2.00. The highest BCUT2D eigenvalue weighted by Gasteiger charge is 2.10. The van der Waals surface area contributed by atoms with Crippen LogP contribution >= 0.6 is 15.9 Å². The van der Waals surface area contributed by atoms with Gasteiger partial charge in [0.05, 0.1) is 0 Å². The summed E-state index contributed by atoms with van der Waals surface area (Å²) >= 11 is 3.57. The summed E-state index contributed by atoms with van der Waals surface area (Å²) in [5.41, 5.74) is 11.1. The molecule has 0 unspecified atom stereocenters. The van der Waals surface area contributed by atoms with Crippen molar-refractivity contribution >= 4 is 21.6 Å². The third kappa shape index (κ3) is 3.10. The van der Waals surface area contributed by atoms with Crippen LogP contribution in [-0.2, 0) is 6.61 Å². The van der Waals surface area contributed by atoms with Crippen molar-refractivity contribution in [1.82, 2.24) is 0 Å². The quantitative estimate of drug-likeness (QED) is 0.843. The first kappa shape index (κ1) is 13.9. The highest BCUT2D eigenvalue weighted by molar-refractivity contribution is 9.10. The Hall–Kier alpha value is -1.48. The zero-order valence-electron chi connectivity index (χ0n) is 11.5. The normalized spacial score (nSPS) is 10.5. The topological polar surface area (TPSA) is 35.2 Å². The highest BCUT2D eigenvalue weighted by atomic mass is 79.9. The Morgan fingerprint density at radius 2 is 1.68 bits per heavy atom. The molecule has 0 saturated carbocycles. The molecule has 0 spiro atoms. The standard InChI is InChI=1S/C16H18BrNO/c1-10-8-15(17)11(2)12(3)16(10)19-9-13-4-6-14(18)7-5-13/h4-8H,9,18H2,1-3H3. The fourth-order valence-corrected chi connectivity index (χ4v) is 2.64. The zero-order chi connectivity index (χ0) is 14.0. The first-order valence-corrected chi connectivity index (χ1v) is 7.02. The fraction of sp³-hybridized carbons (Fsp3) is 0.250. The molecule has 100 valence electrons. The zero-order valence-corrected chi connectivity index (χ0v) is 13.0. The van der Waals surface area contributed by atoms with Crippen LogP contribution in [0.5, 0.6) is 5.75 Å². The van der Waals surface area contributed by atoms with E-state index in [0.29, 0.717) is 6.61 Å². The third-order valence-corrected chi connectivity index (χ3v) is 4.15. The summed E-state index contributed by atoms with van der Waals surface area (Å²) in [7, 11) is 0. The molecule has 0 saturated heterocycles. The van der Waals surface area contributed by atoms with E-state index in [1.165, 1.54) is 11.1 Å². The van der Waals surface area contributed by atoms with Gasteiger partial charge in [-0.3, -0.25) is 0 Å². The molecule has 0 atom stereocenters. The molecule has 0 aliphatic heterocycles. The average Bonchev–Trinajstić information content (AvgIpc) is 2.38. The van der Waals surface area contributed by atoms with E-state index in [-0.39, 0.29) is 0 Å². The maximum atomic E-state index is 5.97. The van der Waals surface area contributed by atoms with Gasteiger partial charge in [0, 0.05) is 10.2 Å². The average molecular weight is 320 g/mol. The Labute approximate surface area is 122 Å². The second-order valence-electron chi connectivity index (χ2n) is 4.78. The van der Waals surface area contributed by atoms with E-state index in [1.54, 1.807) is 0 Å². The number of aryl methyl sites for hydroxylation is 1. The summed E-state index contributed by atoms with van der Waals surface area (Å²) < 4.78 is 7.09. The number of nitrogen functional groups attached to an aromatic ring is 1. The van der Waals surface area contributed by atoms with E-state index in [2.05, 4.69) is 42.8 Å². The summed E-state index contributed by atoms with van der Waals surface area (Å²) in [6.07, 6.45) is 0. The van der Waals surface area contributed by atoms with Crippen molar-refractivity contribution in [3.63, 3.8) is 0 Å². The number of anilines is 1. The number of nitrogens with two attached hydrogens (primary N) is 1. The molecule has 0 aliphatic carbocycles. The Balaban J connectivity index is 2.20. The van der Waals surface area contributed by atoms with Gasteiger partial charge in [0.25, 0.3) is 0 Å². The third-order valence-electron chi connectivity index (χ3n) is 3.33. The van der Waals surface area contributed by atoms with Crippen LogP contribution < -0.4 is 10.5 Å². The minimum absolute atomic E-state index is 0.559. The van der Waals surface area contributed by atoms with Crippen LogP contribution in [0.2, 0.25) is 0 Å². The highest BCUT2D eigenvalue weighted by Crippen LogP contribution is 2.32. The van der Waals surface area contributed by atoms with Crippen LogP contribution in [0.4, 0.5) is 5.69 Å². The maximum Gasteiger partial charge on any atom is 0.125 e. The van der Waals surface area contributed by atoms with Crippen molar-refractivity contribution < 1.29 is 4.74 Å². The molecule has 0 heterocycles. The number of hydrogen-bond acceptors (Lipinski definition) is 2. The molecule has 19 heavy (non-hydrogen) atoms. The summed E-state index contributed by atoms with van der Waals surface area (Å²) in [6.45, 7) is 6.80. The SMILES string of the molecule is Cc1cc(Br)c(C)c(C)c1OCc1ccc(N)cc1. The second-order valence-corrected chi connectivity index (χ2v) is 5.64. The molecule has 0 fully saturated rings. The minimum Gasteiger partial charge on any atom is -0.488 e. The number of halogens is 1. The van der Waals surface area contributed by atoms with Gasteiger partial charge in [-0.05, 0) is 61.2 Å². The van der Waals surface area contributed by atoms with Crippen LogP contribution in [0, 0.1) is 20.8 Å². The van der Waals surface area contributed by atoms with Crippen molar-refractivity contribution in [3.05, 3.63) is 57.1 Å². The lowest BCUT2D eigenvalue weighted by Crippen LogP contribution is -2.01. The Morgan fingerprint density at radius 3 is 2.32 bits per heavy atom. The van der Waals surface area contributed by atoms with Crippen LogP contribution in [0.15, 0.2) is 34.8 Å². The summed E-state index contributed by atoms with van der Waals surface area (Å²) in [4.78, 5) is 0. The lowest BCUT2D eigenvalue weighted by molar-refractivity contribution is 0.301. The van der Waals surface area contributed by atoms with E-state index >= 15 is 0 Å². The number of ether oxygens (including phenoxy) is 1. The number of rotatable bonds is 3. The van der Waals surface area contributed by atoms with Crippen molar-refractivity contribution in [3.8, 4) is 5.75 Å². The predicted molar refractivity (Wildman–Crippen MR) is 83.5 cm³/mol. The minimum atomic E-state index is 0.559. The van der Waals surface area contributed by atoms with Gasteiger partial charge in [-0.25, -0.2) is 0 Å². The van der Waals surface area contributed by atoms with Crippen LogP contribution in [0.3, 0.4) is 0 Å². The molecule has 2 aromatic carbocycles. The van der Waals surface area contributed by atoms with Gasteiger partial charge in [0.2, 0.25) is 0 Å². The molecule has 0 aromatic heterocycles. The van der Waals surface area contributed by atoms with Gasteiger partial charge >= 0.3 is 0 Å². The number of hydrogen-bond donors (Lipinski definition) is 1. The predicted octanol–water partition coefficient (Wildman–Crippen LogP) is 4.54. The first-order chi connectivity index (χ1) is 8.99. The summed E-state index contributed by atoms with van der Waals surface area (Å²) in [6, 6.07) is 9.87. The molecule has 0 amide bonds. The van der Waals surface area contributed by atoms with Crippen molar-refractivity contribution in [2.75, 3.05) is 5.73 Å². The Kier molecular flexibility index (Phi) is 4.15. The van der Waals surface area contributed by atoms with Gasteiger partial charge in [-0.2, -0.15) is 0 Å². The first-order valence-electron chi connectivity index (χ1n) is 6.22. The maximum absolute atomic E-state index is 5.97. The van der Waals surface area contributed by atoms with Crippen LogP contribution in [0.25, 0.3) is 0 Å². The van der Waals surface area contributed by atoms with Gasteiger partial charge in [-0.15, -0.1) is 0 Å². The summed E-state index contributed by atoms with van der Waals surface area (Å²) in [5.74, 6) is 0.970. The molecule has 0 aliphatic rings. The molecule has 2 rings (SSSR count). The van der Waals surface area contributed by atoms with E-state index in [0.717, 1.165) is 27.0 Å². The van der Waals surface area contributed by atoms with E-state index in [4.69, 9.17) is 10.5 Å². The lowest BCUT2D eigenvalue weighted by Gasteiger charge is -2.15. The Morgan fingerprint density at radius 1 is 1.05 bits per heavy atom. The van der Waals surface area contributed by atoms with Crippen LogP contribution in [-0.4, -0.2) is 0 Å². The molecule has 2 N–H and O–H groups in total. The van der Waals surface area contributed by atoms with Crippen molar-refractivity contribution in [1.29, 1.82) is 0 Å². The van der Waals surface area contributed by atoms with Crippen molar-refractivity contribution in [2.24, 2.45) is 0 Å². The largest absolute Gasteiger partial charge is 0.488 e. The van der Waals surface area contributed by atoms with Crippen molar-refractivity contribution in [2.45, 2.75) is 27.4 Å². The van der Waals surface area contributed by atoms with E-state index < -0.39 is 0 Å². The van der Waals surface area contributed by atoms with Gasteiger partial charge in [0.1, 0.15) is 12.4 Å². The monoisotopic (exact) mass is 319 g/mol. The lowest BCUT2D eigenvalue weighted by atomic mass is 10.1. The smallest absolute Gasteiger partial charge is 0.125 e. The molecule has 0 radical (unpaired) electrons. The summed E-state index contributed by atoms with van der Waals surface area (Å²) in [5, 5.41) is 0. The molecule has 3 heteroatoms. The molecule has 2 nitrogen and oxygen atoms in total. The van der Waals surface area contributed by atoms with E-state index in [1.807, 2.05) is 24.3 Å². The molecule has 0 bridgehead atoms.